The van der Waals surface area contributed by atoms with Crippen molar-refractivity contribution in [2.24, 2.45) is 0 Å². The zero-order valence-corrected chi connectivity index (χ0v) is 17.0. The van der Waals surface area contributed by atoms with Crippen molar-refractivity contribution in [2.75, 3.05) is 39.4 Å². The molecule has 0 aromatic carbocycles. The van der Waals surface area contributed by atoms with Gasteiger partial charge in [-0.05, 0) is 37.9 Å². The topological polar surface area (TPSA) is 81.4 Å². The molecule has 1 aliphatic carbocycles. The first kappa shape index (κ1) is 20.1. The average Bonchev–Trinajstić information content (AvgIpc) is 3.04. The highest BCUT2D eigenvalue weighted by Crippen LogP contribution is 2.29. The third kappa shape index (κ3) is 4.70. The van der Waals surface area contributed by atoms with Crippen LogP contribution in [0.1, 0.15) is 44.6 Å². The lowest BCUT2D eigenvalue weighted by molar-refractivity contribution is -0.121. The van der Waals surface area contributed by atoms with Crippen LogP contribution in [0.4, 0.5) is 0 Å². The molecule has 0 unspecified atom stereocenters. The van der Waals surface area contributed by atoms with Crippen LogP contribution in [0.5, 0.6) is 0 Å². The van der Waals surface area contributed by atoms with E-state index in [1.165, 1.54) is 6.42 Å². The lowest BCUT2D eigenvalue weighted by Crippen LogP contribution is -2.39. The summed E-state index contributed by atoms with van der Waals surface area (Å²) in [7, 11) is 0. The van der Waals surface area contributed by atoms with Gasteiger partial charge in [-0.15, -0.1) is 0 Å². The standard InChI is InChI=1S/C21H31N5O3/c27-19(22-10-5-11-24-12-14-29-15-13-24)16-25-18-8-4-9-23-20(18)26(21(25)28)17-6-2-1-3-7-17/h4,8-9,17H,1-3,5-7,10-16H2,(H,22,27). The molecule has 29 heavy (non-hydrogen) atoms. The van der Waals surface area contributed by atoms with Gasteiger partial charge in [0, 0.05) is 31.9 Å². The van der Waals surface area contributed by atoms with Crippen LogP contribution in [-0.4, -0.2) is 64.3 Å². The summed E-state index contributed by atoms with van der Waals surface area (Å²) in [6, 6.07) is 3.89. The Kier molecular flexibility index (Phi) is 6.61. The molecule has 2 aliphatic rings. The summed E-state index contributed by atoms with van der Waals surface area (Å²) in [6.07, 6.45) is 8.13. The number of fused-ring (bicyclic) bond motifs is 1. The van der Waals surface area contributed by atoms with Gasteiger partial charge < -0.3 is 10.1 Å². The molecule has 1 saturated heterocycles. The van der Waals surface area contributed by atoms with Crippen LogP contribution in [-0.2, 0) is 16.1 Å². The fourth-order valence-corrected chi connectivity index (χ4v) is 4.48. The summed E-state index contributed by atoms with van der Waals surface area (Å²) in [5.41, 5.74) is 1.32. The minimum atomic E-state index is -0.124. The highest BCUT2D eigenvalue weighted by atomic mass is 16.5. The predicted octanol–water partition coefficient (Wildman–Crippen LogP) is 1.54. The van der Waals surface area contributed by atoms with Crippen LogP contribution in [0.3, 0.4) is 0 Å². The van der Waals surface area contributed by atoms with E-state index in [1.54, 1.807) is 10.8 Å². The number of pyridine rings is 1. The number of hydrogen-bond donors (Lipinski definition) is 1. The highest BCUT2D eigenvalue weighted by molar-refractivity contribution is 5.79. The van der Waals surface area contributed by atoms with Crippen LogP contribution in [0, 0.1) is 0 Å². The largest absolute Gasteiger partial charge is 0.379 e. The molecule has 1 amide bonds. The van der Waals surface area contributed by atoms with Crippen LogP contribution < -0.4 is 11.0 Å². The van der Waals surface area contributed by atoms with Gasteiger partial charge in [-0.3, -0.25) is 18.8 Å². The van der Waals surface area contributed by atoms with Crippen molar-refractivity contribution in [3.63, 3.8) is 0 Å². The molecule has 2 aromatic rings. The zero-order chi connectivity index (χ0) is 20.1. The molecular weight excluding hydrogens is 370 g/mol. The first-order chi connectivity index (χ1) is 14.2. The Labute approximate surface area is 170 Å². The molecule has 8 nitrogen and oxygen atoms in total. The molecule has 2 fully saturated rings. The number of nitrogens with zero attached hydrogens (tertiary/aromatic N) is 4. The summed E-state index contributed by atoms with van der Waals surface area (Å²) in [6.45, 7) is 5.09. The minimum absolute atomic E-state index is 0.0400. The van der Waals surface area contributed by atoms with Crippen molar-refractivity contribution in [3.8, 4) is 0 Å². The van der Waals surface area contributed by atoms with Gasteiger partial charge in [0.2, 0.25) is 5.91 Å². The second-order valence-corrected chi connectivity index (χ2v) is 8.03. The van der Waals surface area contributed by atoms with Gasteiger partial charge >= 0.3 is 5.69 Å². The maximum atomic E-state index is 13.1. The normalized spacial score (nSPS) is 18.9. The summed E-state index contributed by atoms with van der Waals surface area (Å²) in [5, 5.41) is 2.97. The van der Waals surface area contributed by atoms with E-state index in [0.717, 1.165) is 70.5 Å². The third-order valence-electron chi connectivity index (χ3n) is 6.04. The first-order valence-electron chi connectivity index (χ1n) is 10.9. The van der Waals surface area contributed by atoms with Crippen molar-refractivity contribution < 1.29 is 9.53 Å². The molecule has 0 atom stereocenters. The Hall–Kier alpha value is -2.19. The SMILES string of the molecule is O=C(Cn1c(=O)n(C2CCCCC2)c2ncccc21)NCCCN1CCOCC1. The zero-order valence-electron chi connectivity index (χ0n) is 17.0. The van der Waals surface area contributed by atoms with Gasteiger partial charge in [-0.25, -0.2) is 9.78 Å². The van der Waals surface area contributed by atoms with Crippen LogP contribution in [0.2, 0.25) is 0 Å². The number of carbonyl (C=O) groups is 1. The fraction of sp³-hybridized carbons (Fsp3) is 0.667. The Morgan fingerprint density at radius 1 is 1.21 bits per heavy atom. The number of hydrogen-bond acceptors (Lipinski definition) is 5. The number of rotatable bonds is 7. The molecular formula is C21H31N5O3. The molecule has 1 saturated carbocycles. The number of amides is 1. The Morgan fingerprint density at radius 2 is 2.00 bits per heavy atom. The summed E-state index contributed by atoms with van der Waals surface area (Å²) in [4.78, 5) is 32.5. The van der Waals surface area contributed by atoms with E-state index in [-0.39, 0.29) is 24.2 Å². The summed E-state index contributed by atoms with van der Waals surface area (Å²) in [5.74, 6) is -0.124. The number of aromatic nitrogens is 3. The van der Waals surface area contributed by atoms with Crippen LogP contribution in [0.25, 0.3) is 11.2 Å². The second kappa shape index (κ2) is 9.54. The molecule has 1 N–H and O–H groups in total. The van der Waals surface area contributed by atoms with E-state index in [2.05, 4.69) is 15.2 Å². The quantitative estimate of drug-likeness (QED) is 0.712. The Balaban J connectivity index is 1.40. The van der Waals surface area contributed by atoms with E-state index in [1.807, 2.05) is 16.7 Å². The monoisotopic (exact) mass is 401 g/mol. The first-order valence-corrected chi connectivity index (χ1v) is 10.9. The van der Waals surface area contributed by atoms with Gasteiger partial charge in [0.1, 0.15) is 6.54 Å². The predicted molar refractivity (Wildman–Crippen MR) is 111 cm³/mol. The molecule has 158 valence electrons. The summed E-state index contributed by atoms with van der Waals surface area (Å²) >= 11 is 0. The van der Waals surface area contributed by atoms with E-state index < -0.39 is 0 Å². The maximum absolute atomic E-state index is 13.1. The lowest BCUT2D eigenvalue weighted by atomic mass is 9.95. The van der Waals surface area contributed by atoms with E-state index in [9.17, 15) is 9.59 Å². The molecule has 3 heterocycles. The maximum Gasteiger partial charge on any atom is 0.331 e. The molecule has 1 aliphatic heterocycles. The van der Waals surface area contributed by atoms with E-state index in [4.69, 9.17) is 4.74 Å². The van der Waals surface area contributed by atoms with Gasteiger partial charge in [0.25, 0.3) is 0 Å². The minimum Gasteiger partial charge on any atom is -0.379 e. The molecule has 0 spiro atoms. The second-order valence-electron chi connectivity index (χ2n) is 8.03. The van der Waals surface area contributed by atoms with Gasteiger partial charge in [-0.2, -0.15) is 0 Å². The van der Waals surface area contributed by atoms with Crippen molar-refractivity contribution in [1.82, 2.24) is 24.3 Å². The number of nitrogens with one attached hydrogen (secondary N) is 1. The van der Waals surface area contributed by atoms with Crippen molar-refractivity contribution in [3.05, 3.63) is 28.8 Å². The average molecular weight is 402 g/mol. The number of morpholine rings is 1. The lowest BCUT2D eigenvalue weighted by Gasteiger charge is -2.26. The van der Waals surface area contributed by atoms with Crippen LogP contribution >= 0.6 is 0 Å². The number of imidazole rings is 1. The molecule has 8 heteroatoms. The van der Waals surface area contributed by atoms with Gasteiger partial charge in [0.15, 0.2) is 5.65 Å². The molecule has 2 aromatic heterocycles. The van der Waals surface area contributed by atoms with E-state index >= 15 is 0 Å². The van der Waals surface area contributed by atoms with Gasteiger partial charge in [0.05, 0.1) is 18.7 Å². The number of carbonyl (C=O) groups excluding carboxylic acids is 1. The number of ether oxygens (including phenoxy) is 1. The van der Waals surface area contributed by atoms with Crippen molar-refractivity contribution in [2.45, 2.75) is 51.1 Å². The molecule has 0 radical (unpaired) electrons. The molecule has 0 bridgehead atoms. The fourth-order valence-electron chi connectivity index (χ4n) is 4.48. The third-order valence-corrected chi connectivity index (χ3v) is 6.04. The van der Waals surface area contributed by atoms with Crippen LogP contribution in [0.15, 0.2) is 23.1 Å². The van der Waals surface area contributed by atoms with Crippen molar-refractivity contribution in [1.29, 1.82) is 0 Å². The highest BCUT2D eigenvalue weighted by Gasteiger charge is 2.23. The van der Waals surface area contributed by atoms with Crippen molar-refractivity contribution >= 4 is 17.1 Å². The molecule has 4 rings (SSSR count). The van der Waals surface area contributed by atoms with E-state index in [0.29, 0.717) is 12.2 Å². The van der Waals surface area contributed by atoms with Gasteiger partial charge in [-0.1, -0.05) is 19.3 Å². The Morgan fingerprint density at radius 3 is 2.79 bits per heavy atom. The Bertz CT molecular complexity index is 878. The summed E-state index contributed by atoms with van der Waals surface area (Å²) < 4.78 is 8.75. The smallest absolute Gasteiger partial charge is 0.331 e.